The molecule has 106 valence electrons. The molecular formula is C14H29N3O. The molecule has 2 rings (SSSR count). The Balaban J connectivity index is 1.55. The van der Waals surface area contributed by atoms with Crippen molar-refractivity contribution in [2.24, 2.45) is 0 Å². The SMILES string of the molecule is CN(C)C1CCN(CCNC2CCOCC2)CC1. The Morgan fingerprint density at radius 1 is 1.11 bits per heavy atom. The number of rotatable bonds is 5. The number of likely N-dealkylation sites (tertiary alicyclic amines) is 1. The standard InChI is InChI=1S/C14H29N3O/c1-16(2)14-3-8-17(9-4-14)10-7-15-13-5-11-18-12-6-13/h13-15H,3-12H2,1-2H3. The maximum absolute atomic E-state index is 5.38. The van der Waals surface area contributed by atoms with Crippen molar-refractivity contribution in [2.75, 3.05) is 53.5 Å². The lowest BCUT2D eigenvalue weighted by molar-refractivity contribution is 0.0763. The Bertz CT molecular complexity index is 221. The highest BCUT2D eigenvalue weighted by Gasteiger charge is 2.20. The number of piperidine rings is 1. The normalized spacial score (nSPS) is 24.8. The van der Waals surface area contributed by atoms with Gasteiger partial charge in [-0.1, -0.05) is 0 Å². The minimum atomic E-state index is 0.693. The van der Waals surface area contributed by atoms with E-state index in [0.29, 0.717) is 6.04 Å². The fourth-order valence-corrected chi connectivity index (χ4v) is 2.99. The molecule has 0 aromatic heterocycles. The summed E-state index contributed by atoms with van der Waals surface area (Å²) in [5.41, 5.74) is 0. The molecule has 2 fully saturated rings. The summed E-state index contributed by atoms with van der Waals surface area (Å²) in [6.07, 6.45) is 5.01. The van der Waals surface area contributed by atoms with Crippen molar-refractivity contribution in [2.45, 2.75) is 37.8 Å². The fourth-order valence-electron chi connectivity index (χ4n) is 2.99. The summed E-state index contributed by atoms with van der Waals surface area (Å²) < 4.78 is 5.38. The van der Waals surface area contributed by atoms with Gasteiger partial charge in [0.2, 0.25) is 0 Å². The second kappa shape index (κ2) is 7.43. The van der Waals surface area contributed by atoms with Crippen LogP contribution in [-0.4, -0.2) is 75.4 Å². The summed E-state index contributed by atoms with van der Waals surface area (Å²) >= 11 is 0. The van der Waals surface area contributed by atoms with Gasteiger partial charge in [-0.05, 0) is 52.9 Å². The van der Waals surface area contributed by atoms with Crippen LogP contribution in [0.5, 0.6) is 0 Å². The molecule has 4 heteroatoms. The summed E-state index contributed by atoms with van der Waals surface area (Å²) in [5, 5.41) is 3.67. The molecule has 0 bridgehead atoms. The van der Waals surface area contributed by atoms with Gasteiger partial charge in [0.15, 0.2) is 0 Å². The van der Waals surface area contributed by atoms with E-state index < -0.39 is 0 Å². The van der Waals surface area contributed by atoms with E-state index in [1.54, 1.807) is 0 Å². The number of hydrogen-bond acceptors (Lipinski definition) is 4. The smallest absolute Gasteiger partial charge is 0.0480 e. The minimum absolute atomic E-state index is 0.693. The van der Waals surface area contributed by atoms with Crippen LogP contribution in [0.25, 0.3) is 0 Å². The van der Waals surface area contributed by atoms with E-state index in [-0.39, 0.29) is 0 Å². The summed E-state index contributed by atoms with van der Waals surface area (Å²) in [5.74, 6) is 0. The summed E-state index contributed by atoms with van der Waals surface area (Å²) in [4.78, 5) is 4.98. The molecule has 2 saturated heterocycles. The molecule has 0 aromatic carbocycles. The van der Waals surface area contributed by atoms with E-state index in [0.717, 1.165) is 25.8 Å². The van der Waals surface area contributed by atoms with Crippen molar-refractivity contribution >= 4 is 0 Å². The molecule has 0 aromatic rings. The second-order valence-electron chi connectivity index (χ2n) is 5.88. The van der Waals surface area contributed by atoms with Crippen LogP contribution in [0.15, 0.2) is 0 Å². The number of nitrogens with zero attached hydrogens (tertiary/aromatic N) is 2. The molecule has 2 aliphatic rings. The van der Waals surface area contributed by atoms with Crippen molar-refractivity contribution in [1.29, 1.82) is 0 Å². The van der Waals surface area contributed by atoms with Crippen LogP contribution in [0.1, 0.15) is 25.7 Å². The highest BCUT2D eigenvalue weighted by Crippen LogP contribution is 2.13. The van der Waals surface area contributed by atoms with Crippen LogP contribution < -0.4 is 5.32 Å². The molecule has 0 saturated carbocycles. The van der Waals surface area contributed by atoms with Gasteiger partial charge in [0, 0.05) is 38.4 Å². The van der Waals surface area contributed by atoms with E-state index in [9.17, 15) is 0 Å². The third-order valence-electron chi connectivity index (χ3n) is 4.37. The molecule has 0 atom stereocenters. The average Bonchev–Trinajstić information content (AvgIpc) is 2.40. The average molecular weight is 255 g/mol. The third kappa shape index (κ3) is 4.50. The lowest BCUT2D eigenvalue weighted by Gasteiger charge is -2.35. The first kappa shape index (κ1) is 14.3. The molecule has 2 heterocycles. The summed E-state index contributed by atoms with van der Waals surface area (Å²) in [6, 6.07) is 1.49. The highest BCUT2D eigenvalue weighted by molar-refractivity contribution is 4.78. The third-order valence-corrected chi connectivity index (χ3v) is 4.37. The molecule has 18 heavy (non-hydrogen) atoms. The van der Waals surface area contributed by atoms with Gasteiger partial charge >= 0.3 is 0 Å². The topological polar surface area (TPSA) is 27.7 Å². The largest absolute Gasteiger partial charge is 0.381 e. The monoisotopic (exact) mass is 255 g/mol. The first-order valence-electron chi connectivity index (χ1n) is 7.45. The molecule has 1 N–H and O–H groups in total. The van der Waals surface area contributed by atoms with Crippen molar-refractivity contribution in [3.63, 3.8) is 0 Å². The van der Waals surface area contributed by atoms with E-state index in [4.69, 9.17) is 4.74 Å². The quantitative estimate of drug-likeness (QED) is 0.786. The van der Waals surface area contributed by atoms with Crippen LogP contribution in [-0.2, 0) is 4.74 Å². The van der Waals surface area contributed by atoms with Crippen LogP contribution in [0, 0.1) is 0 Å². The molecule has 4 nitrogen and oxygen atoms in total. The molecule has 0 radical (unpaired) electrons. The molecule has 0 aliphatic carbocycles. The van der Waals surface area contributed by atoms with Gasteiger partial charge in [-0.2, -0.15) is 0 Å². The minimum Gasteiger partial charge on any atom is -0.381 e. The van der Waals surface area contributed by atoms with Crippen molar-refractivity contribution in [1.82, 2.24) is 15.1 Å². The van der Waals surface area contributed by atoms with Gasteiger partial charge in [0.05, 0.1) is 0 Å². The van der Waals surface area contributed by atoms with Gasteiger partial charge in [0.25, 0.3) is 0 Å². The zero-order chi connectivity index (χ0) is 12.8. The number of hydrogen-bond donors (Lipinski definition) is 1. The predicted molar refractivity (Wildman–Crippen MR) is 75.0 cm³/mol. The zero-order valence-electron chi connectivity index (χ0n) is 12.0. The van der Waals surface area contributed by atoms with E-state index >= 15 is 0 Å². The first-order valence-corrected chi connectivity index (χ1v) is 7.45. The molecule has 0 unspecified atom stereocenters. The predicted octanol–water partition coefficient (Wildman–Crippen LogP) is 0.781. The molecular weight excluding hydrogens is 226 g/mol. The van der Waals surface area contributed by atoms with Crippen molar-refractivity contribution in [3.8, 4) is 0 Å². The van der Waals surface area contributed by atoms with Crippen molar-refractivity contribution in [3.05, 3.63) is 0 Å². The molecule has 0 amide bonds. The second-order valence-corrected chi connectivity index (χ2v) is 5.88. The van der Waals surface area contributed by atoms with Gasteiger partial charge in [-0.3, -0.25) is 0 Å². The maximum Gasteiger partial charge on any atom is 0.0480 e. The Morgan fingerprint density at radius 2 is 1.78 bits per heavy atom. The number of ether oxygens (including phenoxy) is 1. The van der Waals surface area contributed by atoms with E-state index in [2.05, 4.69) is 29.2 Å². The zero-order valence-corrected chi connectivity index (χ0v) is 12.0. The lowest BCUT2D eigenvalue weighted by atomic mass is 10.0. The van der Waals surface area contributed by atoms with Gasteiger partial charge in [-0.25, -0.2) is 0 Å². The Kier molecular flexibility index (Phi) is 5.89. The van der Waals surface area contributed by atoms with Gasteiger partial charge in [0.1, 0.15) is 0 Å². The maximum atomic E-state index is 5.38. The van der Waals surface area contributed by atoms with Crippen molar-refractivity contribution < 1.29 is 4.74 Å². The van der Waals surface area contributed by atoms with Crippen LogP contribution >= 0.6 is 0 Å². The summed E-state index contributed by atoms with van der Waals surface area (Å²) in [7, 11) is 4.40. The first-order chi connectivity index (χ1) is 8.75. The molecule has 2 aliphatic heterocycles. The van der Waals surface area contributed by atoms with Crippen LogP contribution in [0.2, 0.25) is 0 Å². The Hall–Kier alpha value is -0.160. The lowest BCUT2D eigenvalue weighted by Crippen LogP contribution is -2.45. The van der Waals surface area contributed by atoms with Gasteiger partial charge in [-0.15, -0.1) is 0 Å². The van der Waals surface area contributed by atoms with Crippen LogP contribution in [0.4, 0.5) is 0 Å². The van der Waals surface area contributed by atoms with E-state index in [1.165, 1.54) is 45.3 Å². The summed E-state index contributed by atoms with van der Waals surface area (Å²) in [6.45, 7) is 6.74. The Labute approximate surface area is 112 Å². The van der Waals surface area contributed by atoms with E-state index in [1.807, 2.05) is 0 Å². The Morgan fingerprint density at radius 3 is 2.39 bits per heavy atom. The fraction of sp³-hybridized carbons (Fsp3) is 1.00. The van der Waals surface area contributed by atoms with Gasteiger partial charge < -0.3 is 19.9 Å². The van der Waals surface area contributed by atoms with Crippen LogP contribution in [0.3, 0.4) is 0 Å². The molecule has 0 spiro atoms. The highest BCUT2D eigenvalue weighted by atomic mass is 16.5. The number of nitrogens with one attached hydrogen (secondary N) is 1.